The summed E-state index contributed by atoms with van der Waals surface area (Å²) in [7, 11) is 3.51. The van der Waals surface area contributed by atoms with Crippen molar-refractivity contribution in [2.75, 3.05) is 40.3 Å². The van der Waals surface area contributed by atoms with Crippen LogP contribution in [0, 0.1) is 0 Å². The van der Waals surface area contributed by atoms with E-state index >= 15 is 0 Å². The van der Waals surface area contributed by atoms with Gasteiger partial charge in [0.15, 0.2) is 0 Å². The lowest BCUT2D eigenvalue weighted by atomic mass is 10.2. The second kappa shape index (κ2) is 6.21. The molecule has 0 amide bonds. The quantitative estimate of drug-likeness (QED) is 0.780. The summed E-state index contributed by atoms with van der Waals surface area (Å²) in [5, 5.41) is 0. The SMILES string of the molecule is COC(=O)c1ccc(C(C)N2CCCN(C)CC2)o1. The first kappa shape index (κ1) is 14.1. The zero-order valence-electron chi connectivity index (χ0n) is 11.9. The van der Waals surface area contributed by atoms with Gasteiger partial charge in [-0.2, -0.15) is 0 Å². The maximum absolute atomic E-state index is 11.4. The highest BCUT2D eigenvalue weighted by molar-refractivity contribution is 5.86. The zero-order chi connectivity index (χ0) is 13.8. The fraction of sp³-hybridized carbons (Fsp3) is 0.643. The Kier molecular flexibility index (Phi) is 4.61. The number of furan rings is 1. The molecule has 106 valence electrons. The monoisotopic (exact) mass is 266 g/mol. The largest absolute Gasteiger partial charge is 0.463 e. The van der Waals surface area contributed by atoms with Gasteiger partial charge in [0, 0.05) is 19.6 Å². The van der Waals surface area contributed by atoms with Crippen LogP contribution in [-0.2, 0) is 4.74 Å². The number of hydrogen-bond donors (Lipinski definition) is 0. The van der Waals surface area contributed by atoms with Gasteiger partial charge in [-0.15, -0.1) is 0 Å². The first-order valence-corrected chi connectivity index (χ1v) is 6.72. The van der Waals surface area contributed by atoms with Crippen molar-refractivity contribution in [2.45, 2.75) is 19.4 Å². The average Bonchev–Trinajstić information content (AvgIpc) is 2.81. The summed E-state index contributed by atoms with van der Waals surface area (Å²) < 4.78 is 10.2. The van der Waals surface area contributed by atoms with E-state index in [9.17, 15) is 4.79 Å². The van der Waals surface area contributed by atoms with Gasteiger partial charge in [-0.25, -0.2) is 4.79 Å². The predicted molar refractivity (Wildman–Crippen MR) is 72.1 cm³/mol. The van der Waals surface area contributed by atoms with Crippen molar-refractivity contribution in [3.63, 3.8) is 0 Å². The maximum Gasteiger partial charge on any atom is 0.373 e. The van der Waals surface area contributed by atoms with E-state index in [-0.39, 0.29) is 11.8 Å². The highest BCUT2D eigenvalue weighted by Crippen LogP contribution is 2.23. The van der Waals surface area contributed by atoms with Crippen molar-refractivity contribution < 1.29 is 13.9 Å². The van der Waals surface area contributed by atoms with Crippen LogP contribution in [0.2, 0.25) is 0 Å². The molecule has 0 saturated carbocycles. The molecule has 2 rings (SSSR count). The Morgan fingerprint density at radius 3 is 2.84 bits per heavy atom. The number of ether oxygens (including phenoxy) is 1. The lowest BCUT2D eigenvalue weighted by molar-refractivity contribution is 0.0559. The molecule has 1 aromatic heterocycles. The van der Waals surface area contributed by atoms with E-state index in [0.717, 1.165) is 38.4 Å². The number of nitrogens with zero attached hydrogens (tertiary/aromatic N) is 2. The van der Waals surface area contributed by atoms with E-state index in [1.807, 2.05) is 6.07 Å². The summed E-state index contributed by atoms with van der Waals surface area (Å²) in [6.45, 7) is 6.39. The molecule has 1 aliphatic rings. The molecule has 1 unspecified atom stereocenters. The van der Waals surface area contributed by atoms with Crippen molar-refractivity contribution in [2.24, 2.45) is 0 Å². The molecule has 0 bridgehead atoms. The molecule has 1 atom stereocenters. The van der Waals surface area contributed by atoms with Gasteiger partial charge in [0.2, 0.25) is 5.76 Å². The van der Waals surface area contributed by atoms with Crippen LogP contribution in [0.5, 0.6) is 0 Å². The fourth-order valence-corrected chi connectivity index (χ4v) is 2.42. The average molecular weight is 266 g/mol. The minimum absolute atomic E-state index is 0.185. The van der Waals surface area contributed by atoms with E-state index in [1.54, 1.807) is 6.07 Å². The number of carbonyl (C=O) groups is 1. The summed E-state index contributed by atoms with van der Waals surface area (Å²) >= 11 is 0. The molecule has 5 nitrogen and oxygen atoms in total. The summed E-state index contributed by atoms with van der Waals surface area (Å²) in [5.74, 6) is 0.676. The van der Waals surface area contributed by atoms with Crippen LogP contribution >= 0.6 is 0 Å². The first-order chi connectivity index (χ1) is 9.11. The number of likely N-dealkylation sites (N-methyl/N-ethyl adjacent to an activating group) is 1. The van der Waals surface area contributed by atoms with Crippen LogP contribution in [0.3, 0.4) is 0 Å². The van der Waals surface area contributed by atoms with Crippen LogP contribution in [0.25, 0.3) is 0 Å². The third-order valence-corrected chi connectivity index (χ3v) is 3.73. The molecular weight excluding hydrogens is 244 g/mol. The number of hydrogen-bond acceptors (Lipinski definition) is 5. The van der Waals surface area contributed by atoms with E-state index in [2.05, 4.69) is 28.5 Å². The minimum atomic E-state index is -0.422. The number of esters is 1. The smallest absolute Gasteiger partial charge is 0.373 e. The van der Waals surface area contributed by atoms with Crippen LogP contribution < -0.4 is 0 Å². The molecule has 0 radical (unpaired) electrons. The van der Waals surface area contributed by atoms with Gasteiger partial charge < -0.3 is 14.1 Å². The molecule has 0 N–H and O–H groups in total. The summed E-state index contributed by atoms with van der Waals surface area (Å²) in [4.78, 5) is 16.1. The normalized spacial score (nSPS) is 19.9. The lowest BCUT2D eigenvalue weighted by Gasteiger charge is -2.25. The van der Waals surface area contributed by atoms with Crippen LogP contribution in [0.15, 0.2) is 16.5 Å². The number of carbonyl (C=O) groups excluding carboxylic acids is 1. The molecular formula is C14H22N2O3. The molecule has 0 spiro atoms. The zero-order valence-corrected chi connectivity index (χ0v) is 11.9. The van der Waals surface area contributed by atoms with Gasteiger partial charge in [-0.3, -0.25) is 4.90 Å². The topological polar surface area (TPSA) is 45.9 Å². The van der Waals surface area contributed by atoms with Crippen LogP contribution in [0.1, 0.15) is 35.7 Å². The van der Waals surface area contributed by atoms with Crippen molar-refractivity contribution in [1.82, 2.24) is 9.80 Å². The van der Waals surface area contributed by atoms with E-state index in [4.69, 9.17) is 4.42 Å². The third-order valence-electron chi connectivity index (χ3n) is 3.73. The maximum atomic E-state index is 11.4. The van der Waals surface area contributed by atoms with Crippen molar-refractivity contribution >= 4 is 5.97 Å². The Bertz CT molecular complexity index is 430. The first-order valence-electron chi connectivity index (χ1n) is 6.72. The Morgan fingerprint density at radius 1 is 1.32 bits per heavy atom. The molecule has 1 saturated heterocycles. The number of methoxy groups -OCH3 is 1. The summed E-state index contributed by atoms with van der Waals surface area (Å²) in [6, 6.07) is 3.73. The summed E-state index contributed by atoms with van der Waals surface area (Å²) in [6.07, 6.45) is 1.16. The van der Waals surface area contributed by atoms with Gasteiger partial charge in [0.25, 0.3) is 0 Å². The second-order valence-electron chi connectivity index (χ2n) is 5.06. The number of rotatable bonds is 3. The van der Waals surface area contributed by atoms with Crippen molar-refractivity contribution in [3.8, 4) is 0 Å². The Hall–Kier alpha value is -1.33. The molecule has 0 aromatic carbocycles. The fourth-order valence-electron chi connectivity index (χ4n) is 2.42. The van der Waals surface area contributed by atoms with E-state index in [1.165, 1.54) is 7.11 Å². The van der Waals surface area contributed by atoms with E-state index < -0.39 is 5.97 Å². The standard InChI is InChI=1S/C14H22N2O3/c1-11(16-8-4-7-15(2)9-10-16)12-5-6-13(19-12)14(17)18-3/h5-6,11H,4,7-10H2,1-3H3. The van der Waals surface area contributed by atoms with Crippen molar-refractivity contribution in [1.29, 1.82) is 0 Å². The summed E-state index contributed by atoms with van der Waals surface area (Å²) in [5.41, 5.74) is 0. The molecule has 1 aliphatic heterocycles. The van der Waals surface area contributed by atoms with Gasteiger partial charge in [0.1, 0.15) is 5.76 Å². The van der Waals surface area contributed by atoms with Gasteiger partial charge in [-0.1, -0.05) is 0 Å². The Balaban J connectivity index is 2.04. The highest BCUT2D eigenvalue weighted by atomic mass is 16.5. The van der Waals surface area contributed by atoms with Crippen molar-refractivity contribution in [3.05, 3.63) is 23.7 Å². The highest BCUT2D eigenvalue weighted by Gasteiger charge is 2.22. The second-order valence-corrected chi connectivity index (χ2v) is 5.06. The molecule has 1 fully saturated rings. The third kappa shape index (κ3) is 3.36. The van der Waals surface area contributed by atoms with Gasteiger partial charge in [-0.05, 0) is 39.1 Å². The lowest BCUT2D eigenvalue weighted by Crippen LogP contribution is -2.31. The molecule has 1 aromatic rings. The Morgan fingerprint density at radius 2 is 2.11 bits per heavy atom. The Labute approximate surface area is 114 Å². The predicted octanol–water partition coefficient (Wildman–Crippen LogP) is 1.76. The van der Waals surface area contributed by atoms with Crippen LogP contribution in [-0.4, -0.2) is 56.1 Å². The molecule has 2 heterocycles. The molecule has 0 aliphatic carbocycles. The van der Waals surface area contributed by atoms with Gasteiger partial charge in [0.05, 0.1) is 13.2 Å². The van der Waals surface area contributed by atoms with Gasteiger partial charge >= 0.3 is 5.97 Å². The molecule has 5 heteroatoms. The van der Waals surface area contributed by atoms with Crippen LogP contribution in [0.4, 0.5) is 0 Å². The van der Waals surface area contributed by atoms with E-state index in [0.29, 0.717) is 0 Å². The molecule has 19 heavy (non-hydrogen) atoms. The minimum Gasteiger partial charge on any atom is -0.463 e.